The first-order valence-electron chi connectivity index (χ1n) is 11.8. The van der Waals surface area contributed by atoms with E-state index in [1.807, 2.05) is 26.8 Å². The van der Waals surface area contributed by atoms with Crippen LogP contribution in [0.4, 0.5) is 10.1 Å². The first kappa shape index (κ1) is 28.3. The molecule has 2 aromatic carbocycles. The second-order valence-electron chi connectivity index (χ2n) is 8.92. The third-order valence-electron chi connectivity index (χ3n) is 5.88. The number of anilines is 1. The van der Waals surface area contributed by atoms with Crippen LogP contribution in [0.2, 0.25) is 0 Å². The lowest BCUT2D eigenvalue weighted by Crippen LogP contribution is -2.49. The van der Waals surface area contributed by atoms with Gasteiger partial charge >= 0.3 is 0 Å². The number of hydrogen-bond donors (Lipinski definition) is 1. The molecule has 0 radical (unpaired) electrons. The number of halogens is 1. The van der Waals surface area contributed by atoms with E-state index < -0.39 is 16.1 Å². The Kier molecular flexibility index (Phi) is 10.2. The number of nitrogens with one attached hydrogen (secondary N) is 1. The number of carbonyl (C=O) groups excluding carboxylic acids is 2. The molecule has 0 aromatic heterocycles. The zero-order chi connectivity index (χ0) is 26.2. The summed E-state index contributed by atoms with van der Waals surface area (Å²) in [5.74, 6) is -0.933. The predicted molar refractivity (Wildman–Crippen MR) is 137 cm³/mol. The number of nitrogens with zero attached hydrogens (tertiary/aromatic N) is 2. The van der Waals surface area contributed by atoms with Crippen LogP contribution in [-0.2, 0) is 26.2 Å². The zero-order valence-electron chi connectivity index (χ0n) is 21.1. The van der Waals surface area contributed by atoms with Crippen LogP contribution in [0.5, 0.6) is 0 Å². The molecule has 35 heavy (non-hydrogen) atoms. The minimum absolute atomic E-state index is 0.0367. The van der Waals surface area contributed by atoms with Crippen molar-refractivity contribution in [2.45, 2.75) is 65.6 Å². The van der Waals surface area contributed by atoms with Crippen molar-refractivity contribution in [2.24, 2.45) is 0 Å². The molecule has 1 N–H and O–H groups in total. The summed E-state index contributed by atoms with van der Waals surface area (Å²) in [4.78, 5) is 27.5. The third kappa shape index (κ3) is 8.65. The van der Waals surface area contributed by atoms with E-state index in [1.54, 1.807) is 37.3 Å². The maximum atomic E-state index is 13.4. The Balaban J connectivity index is 2.16. The molecule has 2 rings (SSSR count). The molecule has 0 fully saturated rings. The van der Waals surface area contributed by atoms with Crippen LogP contribution in [0.1, 0.15) is 51.2 Å². The second-order valence-corrected chi connectivity index (χ2v) is 10.8. The van der Waals surface area contributed by atoms with Gasteiger partial charge in [-0.1, -0.05) is 31.2 Å². The lowest BCUT2D eigenvalue weighted by molar-refractivity contribution is -0.140. The molecule has 0 aliphatic carbocycles. The molecule has 2 aromatic rings. The topological polar surface area (TPSA) is 86.8 Å². The van der Waals surface area contributed by atoms with E-state index in [-0.39, 0.29) is 49.6 Å². The molecular formula is C26H36FN3O4S. The van der Waals surface area contributed by atoms with Gasteiger partial charge < -0.3 is 10.2 Å². The smallest absolute Gasteiger partial charge is 0.242 e. The highest BCUT2D eigenvalue weighted by Gasteiger charge is 2.27. The SMILES string of the molecule is CCC(C)NC(=O)C(C)N(Cc1ccc(F)cc1)C(=O)CCCN(c1cccc(C)c1)S(C)(=O)=O. The molecule has 192 valence electrons. The quantitative estimate of drug-likeness (QED) is 0.472. The summed E-state index contributed by atoms with van der Waals surface area (Å²) in [6.45, 7) is 7.66. The monoisotopic (exact) mass is 505 g/mol. The highest BCUT2D eigenvalue weighted by atomic mass is 32.2. The van der Waals surface area contributed by atoms with Crippen molar-refractivity contribution >= 4 is 27.5 Å². The summed E-state index contributed by atoms with van der Waals surface area (Å²) in [6, 6.07) is 12.2. The van der Waals surface area contributed by atoms with E-state index in [0.717, 1.165) is 18.2 Å². The van der Waals surface area contributed by atoms with Gasteiger partial charge in [-0.05, 0) is 69.0 Å². The van der Waals surface area contributed by atoms with Gasteiger partial charge in [0, 0.05) is 25.6 Å². The number of hydrogen-bond acceptors (Lipinski definition) is 4. The number of carbonyl (C=O) groups is 2. The molecular weight excluding hydrogens is 469 g/mol. The van der Waals surface area contributed by atoms with Crippen LogP contribution in [0.25, 0.3) is 0 Å². The van der Waals surface area contributed by atoms with Gasteiger partial charge in [0.15, 0.2) is 0 Å². The number of sulfonamides is 1. The molecule has 2 unspecified atom stereocenters. The van der Waals surface area contributed by atoms with E-state index in [2.05, 4.69) is 5.32 Å². The highest BCUT2D eigenvalue weighted by molar-refractivity contribution is 7.92. The van der Waals surface area contributed by atoms with E-state index in [4.69, 9.17) is 0 Å². The third-order valence-corrected chi connectivity index (χ3v) is 7.07. The largest absolute Gasteiger partial charge is 0.352 e. The van der Waals surface area contributed by atoms with Crippen LogP contribution in [-0.4, -0.2) is 50.0 Å². The van der Waals surface area contributed by atoms with Crippen molar-refractivity contribution in [3.63, 3.8) is 0 Å². The van der Waals surface area contributed by atoms with E-state index >= 15 is 0 Å². The maximum absolute atomic E-state index is 13.4. The fourth-order valence-corrected chi connectivity index (χ4v) is 4.58. The molecule has 2 atom stereocenters. The fourth-order valence-electron chi connectivity index (χ4n) is 3.62. The van der Waals surface area contributed by atoms with Gasteiger partial charge in [0.2, 0.25) is 21.8 Å². The van der Waals surface area contributed by atoms with E-state index in [1.165, 1.54) is 21.3 Å². The minimum atomic E-state index is -3.54. The van der Waals surface area contributed by atoms with Gasteiger partial charge in [0.25, 0.3) is 0 Å². The minimum Gasteiger partial charge on any atom is -0.352 e. The molecule has 0 heterocycles. The maximum Gasteiger partial charge on any atom is 0.242 e. The van der Waals surface area contributed by atoms with Gasteiger partial charge in [0.1, 0.15) is 11.9 Å². The first-order valence-corrected chi connectivity index (χ1v) is 13.7. The van der Waals surface area contributed by atoms with Crippen molar-refractivity contribution in [2.75, 3.05) is 17.1 Å². The summed E-state index contributed by atoms with van der Waals surface area (Å²) in [6.07, 6.45) is 2.23. The molecule has 0 aliphatic heterocycles. The average Bonchev–Trinajstić information content (AvgIpc) is 2.79. The molecule has 2 amide bonds. The molecule has 0 bridgehead atoms. The molecule has 0 aliphatic rings. The normalized spacial score (nSPS) is 13.1. The fraction of sp³-hybridized carbons (Fsp3) is 0.462. The highest BCUT2D eigenvalue weighted by Crippen LogP contribution is 2.20. The Morgan fingerprint density at radius 2 is 1.74 bits per heavy atom. The van der Waals surface area contributed by atoms with Crippen LogP contribution in [0.3, 0.4) is 0 Å². The van der Waals surface area contributed by atoms with Crippen molar-refractivity contribution in [3.8, 4) is 0 Å². The molecule has 0 saturated heterocycles. The Labute approximate surface area is 208 Å². The van der Waals surface area contributed by atoms with Gasteiger partial charge in [-0.2, -0.15) is 0 Å². The molecule has 7 nitrogen and oxygen atoms in total. The summed E-state index contributed by atoms with van der Waals surface area (Å²) >= 11 is 0. The number of benzene rings is 2. The van der Waals surface area contributed by atoms with Gasteiger partial charge in [-0.15, -0.1) is 0 Å². The molecule has 0 spiro atoms. The molecule has 9 heteroatoms. The Bertz CT molecular complexity index is 1110. The lowest BCUT2D eigenvalue weighted by atomic mass is 10.1. The second kappa shape index (κ2) is 12.7. The molecule has 0 saturated carbocycles. The number of aryl methyl sites for hydroxylation is 1. The van der Waals surface area contributed by atoms with Gasteiger partial charge in [-0.25, -0.2) is 12.8 Å². The first-order chi connectivity index (χ1) is 16.4. The van der Waals surface area contributed by atoms with Crippen LogP contribution in [0, 0.1) is 12.7 Å². The number of rotatable bonds is 12. The Hall–Kier alpha value is -2.94. The van der Waals surface area contributed by atoms with Crippen molar-refractivity contribution < 1.29 is 22.4 Å². The lowest BCUT2D eigenvalue weighted by Gasteiger charge is -2.30. The van der Waals surface area contributed by atoms with Gasteiger partial charge in [-0.3, -0.25) is 13.9 Å². The van der Waals surface area contributed by atoms with Crippen molar-refractivity contribution in [1.29, 1.82) is 0 Å². The summed E-state index contributed by atoms with van der Waals surface area (Å²) < 4.78 is 39.4. The Morgan fingerprint density at radius 1 is 1.09 bits per heavy atom. The number of amides is 2. The zero-order valence-corrected chi connectivity index (χ0v) is 21.9. The van der Waals surface area contributed by atoms with Gasteiger partial charge in [0.05, 0.1) is 11.9 Å². The van der Waals surface area contributed by atoms with Crippen LogP contribution in [0.15, 0.2) is 48.5 Å². The van der Waals surface area contributed by atoms with Crippen molar-refractivity contribution in [3.05, 3.63) is 65.5 Å². The summed E-state index contributed by atoms with van der Waals surface area (Å²) in [7, 11) is -3.54. The van der Waals surface area contributed by atoms with Crippen LogP contribution < -0.4 is 9.62 Å². The van der Waals surface area contributed by atoms with Crippen molar-refractivity contribution in [1.82, 2.24) is 10.2 Å². The summed E-state index contributed by atoms with van der Waals surface area (Å²) in [5, 5.41) is 2.90. The standard InChI is InChI=1S/C26H36FN3O4S/c1-6-20(3)28-26(32)21(4)29(18-22-12-14-23(27)15-13-22)25(31)11-8-16-30(35(5,33)34)24-10-7-9-19(2)17-24/h7,9-10,12-15,17,20-21H,6,8,11,16,18H2,1-5H3,(H,28,32). The van der Waals surface area contributed by atoms with Crippen LogP contribution >= 0.6 is 0 Å². The van der Waals surface area contributed by atoms with E-state index in [9.17, 15) is 22.4 Å². The Morgan fingerprint density at radius 3 is 2.31 bits per heavy atom. The predicted octanol–water partition coefficient (Wildman–Crippen LogP) is 4.01. The average molecular weight is 506 g/mol. The summed E-state index contributed by atoms with van der Waals surface area (Å²) in [5.41, 5.74) is 2.17. The van der Waals surface area contributed by atoms with E-state index in [0.29, 0.717) is 11.3 Å².